The second kappa shape index (κ2) is 4.65. The van der Waals surface area contributed by atoms with Gasteiger partial charge in [0.1, 0.15) is 17.2 Å². The Morgan fingerprint density at radius 1 is 1.27 bits per heavy atom. The number of rotatable bonds is 2. The van der Waals surface area contributed by atoms with Crippen LogP contribution in [0.4, 0.5) is 5.82 Å². The second-order valence-electron chi connectivity index (χ2n) is 6.64. The van der Waals surface area contributed by atoms with Gasteiger partial charge in [-0.15, -0.1) is 0 Å². The maximum Gasteiger partial charge on any atom is 0.146 e. The lowest BCUT2D eigenvalue weighted by molar-refractivity contribution is 0.0891. The van der Waals surface area contributed by atoms with Crippen LogP contribution in [0.5, 0.6) is 0 Å². The number of nitrogens with one attached hydrogen (secondary N) is 2. The highest BCUT2D eigenvalue weighted by Crippen LogP contribution is 2.52. The van der Waals surface area contributed by atoms with E-state index in [4.69, 9.17) is 10.8 Å². The minimum atomic E-state index is 0.486. The molecule has 4 rings (SSSR count). The molecule has 0 atom stereocenters. The fraction of sp³-hybridized carbons (Fsp3) is 0.500. The zero-order chi connectivity index (χ0) is 15.5. The van der Waals surface area contributed by atoms with Crippen LogP contribution in [0.1, 0.15) is 38.8 Å². The molecule has 0 unspecified atom stereocenters. The molecule has 3 aliphatic rings. The Hall–Kier alpha value is -1.69. The highest BCUT2D eigenvalue weighted by Gasteiger charge is 2.48. The molecular weight excluding hydrogens is 294 g/mol. The summed E-state index contributed by atoms with van der Waals surface area (Å²) < 4.78 is 0. The van der Waals surface area contributed by atoms with Gasteiger partial charge < -0.3 is 10.3 Å². The summed E-state index contributed by atoms with van der Waals surface area (Å²) in [6, 6.07) is 0. The van der Waals surface area contributed by atoms with Gasteiger partial charge in [-0.2, -0.15) is 0 Å². The van der Waals surface area contributed by atoms with Crippen molar-refractivity contribution < 1.29 is 0 Å². The topological polar surface area (TPSA) is 76.7 Å². The van der Waals surface area contributed by atoms with Gasteiger partial charge >= 0.3 is 0 Å². The fourth-order valence-electron chi connectivity index (χ4n) is 3.56. The van der Waals surface area contributed by atoms with Crippen molar-refractivity contribution in [3.63, 3.8) is 0 Å². The fourth-order valence-corrected chi connectivity index (χ4v) is 4.64. The molecule has 1 saturated heterocycles. The van der Waals surface area contributed by atoms with Gasteiger partial charge in [0.05, 0.1) is 10.6 Å². The lowest BCUT2D eigenvalue weighted by Crippen LogP contribution is -2.60. The number of allylic oxidation sites excluding steroid dienone is 1. The van der Waals surface area contributed by atoms with E-state index < -0.39 is 0 Å². The molecule has 1 aromatic heterocycles. The van der Waals surface area contributed by atoms with Crippen molar-refractivity contribution in [3.05, 3.63) is 17.6 Å². The molecule has 0 aromatic carbocycles. The molecule has 1 saturated carbocycles. The monoisotopic (exact) mass is 313 g/mol. The minimum Gasteiger partial charge on any atom is -0.354 e. The van der Waals surface area contributed by atoms with Gasteiger partial charge in [0.15, 0.2) is 0 Å². The third-order valence-electron chi connectivity index (χ3n) is 5.16. The van der Waals surface area contributed by atoms with E-state index in [2.05, 4.69) is 14.9 Å². The van der Waals surface area contributed by atoms with Crippen LogP contribution in [0, 0.1) is 16.2 Å². The van der Waals surface area contributed by atoms with E-state index in [1.54, 1.807) is 13.3 Å². The normalized spacial score (nSPS) is 23.9. The molecule has 1 aliphatic carbocycles. The lowest BCUT2D eigenvalue weighted by Gasteiger charge is -2.56. The molecule has 2 N–H and O–H groups in total. The third kappa shape index (κ3) is 1.86. The van der Waals surface area contributed by atoms with Crippen molar-refractivity contribution in [1.29, 1.82) is 10.8 Å². The van der Waals surface area contributed by atoms with Gasteiger partial charge in [0.25, 0.3) is 0 Å². The first-order valence-electron chi connectivity index (χ1n) is 7.64. The minimum absolute atomic E-state index is 0.486. The average Bonchev–Trinajstić information content (AvgIpc) is 2.71. The molecule has 2 fully saturated rings. The van der Waals surface area contributed by atoms with Gasteiger partial charge in [0.2, 0.25) is 0 Å². The van der Waals surface area contributed by atoms with Crippen molar-refractivity contribution in [1.82, 2.24) is 9.97 Å². The highest BCUT2D eigenvalue weighted by molar-refractivity contribution is 8.15. The van der Waals surface area contributed by atoms with Gasteiger partial charge in [-0.05, 0) is 32.3 Å². The smallest absolute Gasteiger partial charge is 0.146 e. The van der Waals surface area contributed by atoms with Gasteiger partial charge in [-0.25, -0.2) is 9.97 Å². The number of fused-ring (bicyclic) bond motifs is 1. The molecule has 2 aliphatic heterocycles. The van der Waals surface area contributed by atoms with Crippen LogP contribution in [0.2, 0.25) is 0 Å². The van der Waals surface area contributed by atoms with Crippen LogP contribution >= 0.6 is 11.8 Å². The molecule has 1 spiro atoms. The third-order valence-corrected chi connectivity index (χ3v) is 6.15. The maximum absolute atomic E-state index is 8.28. The van der Waals surface area contributed by atoms with Crippen LogP contribution < -0.4 is 4.90 Å². The maximum atomic E-state index is 8.28. The second-order valence-corrected chi connectivity index (χ2v) is 7.66. The summed E-state index contributed by atoms with van der Waals surface area (Å²) >= 11 is 1.44. The number of nitrogens with zero attached hydrogens (tertiary/aromatic N) is 3. The largest absolute Gasteiger partial charge is 0.354 e. The van der Waals surface area contributed by atoms with Crippen LogP contribution in [-0.2, 0) is 0 Å². The van der Waals surface area contributed by atoms with Crippen molar-refractivity contribution in [2.24, 2.45) is 5.41 Å². The molecule has 3 heterocycles. The summed E-state index contributed by atoms with van der Waals surface area (Å²) in [5.74, 6) is 0.975. The van der Waals surface area contributed by atoms with E-state index in [0.29, 0.717) is 16.2 Å². The number of hydrogen-bond donors (Lipinski definition) is 2. The molecule has 0 radical (unpaired) electrons. The Morgan fingerprint density at radius 2 is 2.00 bits per heavy atom. The Balaban J connectivity index is 1.72. The van der Waals surface area contributed by atoms with E-state index >= 15 is 0 Å². The summed E-state index contributed by atoms with van der Waals surface area (Å²) in [5.41, 5.74) is 3.51. The van der Waals surface area contributed by atoms with Crippen LogP contribution in [0.3, 0.4) is 0 Å². The van der Waals surface area contributed by atoms with Crippen molar-refractivity contribution in [2.75, 3.05) is 18.0 Å². The first-order chi connectivity index (χ1) is 10.5. The van der Waals surface area contributed by atoms with E-state index in [1.807, 2.05) is 6.92 Å². The summed E-state index contributed by atoms with van der Waals surface area (Å²) in [4.78, 5) is 12.2. The van der Waals surface area contributed by atoms with Crippen LogP contribution in [0.15, 0.2) is 16.8 Å². The lowest BCUT2D eigenvalue weighted by atomic mass is 9.63. The first kappa shape index (κ1) is 13.9. The van der Waals surface area contributed by atoms with E-state index in [0.717, 1.165) is 40.6 Å². The molecule has 6 heteroatoms. The Morgan fingerprint density at radius 3 is 2.59 bits per heavy atom. The molecule has 22 heavy (non-hydrogen) atoms. The van der Waals surface area contributed by atoms with E-state index in [1.165, 1.54) is 31.0 Å². The highest BCUT2D eigenvalue weighted by atomic mass is 32.2. The summed E-state index contributed by atoms with van der Waals surface area (Å²) in [7, 11) is 0. The summed E-state index contributed by atoms with van der Waals surface area (Å²) in [6.07, 6.45) is 5.65. The number of anilines is 1. The molecule has 0 amide bonds. The van der Waals surface area contributed by atoms with Crippen molar-refractivity contribution >= 4 is 33.9 Å². The zero-order valence-corrected chi connectivity index (χ0v) is 13.7. The van der Waals surface area contributed by atoms with Crippen LogP contribution in [0.25, 0.3) is 5.57 Å². The summed E-state index contributed by atoms with van der Waals surface area (Å²) in [5, 5.41) is 16.6. The molecule has 5 nitrogen and oxygen atoms in total. The van der Waals surface area contributed by atoms with Crippen molar-refractivity contribution in [3.8, 4) is 0 Å². The Bertz CT molecular complexity index is 724. The first-order valence-corrected chi connectivity index (χ1v) is 8.46. The number of hydrogen-bond acceptors (Lipinski definition) is 6. The molecular formula is C16H19N5S. The molecule has 114 valence electrons. The quantitative estimate of drug-likeness (QED) is 0.821. The van der Waals surface area contributed by atoms with Crippen LogP contribution in [-0.4, -0.2) is 33.8 Å². The molecule has 0 bridgehead atoms. The van der Waals surface area contributed by atoms with Gasteiger partial charge in [-0.3, -0.25) is 5.41 Å². The zero-order valence-electron chi connectivity index (χ0n) is 12.9. The van der Waals surface area contributed by atoms with Gasteiger partial charge in [-0.1, -0.05) is 18.2 Å². The predicted octanol–water partition coefficient (Wildman–Crippen LogP) is 3.36. The standard InChI is InChI=1S/C16H19N5S/c1-9(10(2)17)11-12-13(22-14(11)18)15(20-8-19-12)21-6-16(7-21)4-3-5-16/h8,17-18H,3-7H2,1-2H3/b11-9-,17-10?,18-14?. The van der Waals surface area contributed by atoms with E-state index in [9.17, 15) is 0 Å². The predicted molar refractivity (Wildman–Crippen MR) is 90.1 cm³/mol. The number of aromatic nitrogens is 2. The summed E-state index contributed by atoms with van der Waals surface area (Å²) in [6.45, 7) is 5.84. The van der Waals surface area contributed by atoms with Gasteiger partial charge in [0, 0.05) is 29.8 Å². The molecule has 1 aromatic rings. The Labute approximate surface area is 134 Å². The van der Waals surface area contributed by atoms with E-state index in [-0.39, 0.29) is 0 Å². The number of thioether (sulfide) groups is 1. The average molecular weight is 313 g/mol. The van der Waals surface area contributed by atoms with Crippen molar-refractivity contribution in [2.45, 2.75) is 38.0 Å². The Kier molecular flexibility index (Phi) is 2.95. The SMILES string of the molecule is CC(=N)/C(C)=C1\C(=N)Sc2c1ncnc2N1CC2(CCC2)C1.